The number of rotatable bonds is 7. The van der Waals surface area contributed by atoms with E-state index in [9.17, 15) is 10.1 Å². The molecule has 0 aliphatic carbocycles. The fourth-order valence-electron chi connectivity index (χ4n) is 3.16. The predicted molar refractivity (Wildman–Crippen MR) is 107 cm³/mol. The first-order valence-corrected chi connectivity index (χ1v) is 9.51. The van der Waals surface area contributed by atoms with Crippen LogP contribution in [0.25, 0.3) is 0 Å². The SMILES string of the molecule is CN1CCN(CCCc2ccc(Oc3ccc(Cl)cc3)c([N+](=O)[O-])c2)CC1. The summed E-state index contributed by atoms with van der Waals surface area (Å²) in [6, 6.07) is 12.0. The normalized spacial score (nSPS) is 15.6. The molecule has 1 fully saturated rings. The molecular formula is C20H24ClN3O3. The molecule has 0 aromatic heterocycles. The zero-order chi connectivity index (χ0) is 19.2. The highest BCUT2D eigenvalue weighted by Crippen LogP contribution is 2.33. The minimum absolute atomic E-state index is 0.0120. The molecule has 2 aromatic rings. The number of likely N-dealkylation sites (N-methyl/N-ethyl adjacent to an activating group) is 1. The van der Waals surface area contributed by atoms with Gasteiger partial charge in [-0.25, -0.2) is 0 Å². The van der Waals surface area contributed by atoms with Crippen LogP contribution < -0.4 is 4.74 Å². The zero-order valence-electron chi connectivity index (χ0n) is 15.4. The number of nitro groups is 1. The fourth-order valence-corrected chi connectivity index (χ4v) is 3.28. The number of nitro benzene ring substituents is 1. The second kappa shape index (κ2) is 9.17. The van der Waals surface area contributed by atoms with Crippen LogP contribution in [-0.2, 0) is 6.42 Å². The largest absolute Gasteiger partial charge is 0.450 e. The first-order valence-electron chi connectivity index (χ1n) is 9.13. The Morgan fingerprint density at radius 1 is 1.11 bits per heavy atom. The van der Waals surface area contributed by atoms with Crippen LogP contribution in [0.3, 0.4) is 0 Å². The molecule has 1 saturated heterocycles. The summed E-state index contributed by atoms with van der Waals surface area (Å²) >= 11 is 5.86. The van der Waals surface area contributed by atoms with E-state index in [-0.39, 0.29) is 11.4 Å². The van der Waals surface area contributed by atoms with Gasteiger partial charge in [-0.2, -0.15) is 0 Å². The van der Waals surface area contributed by atoms with Gasteiger partial charge in [0.05, 0.1) is 4.92 Å². The van der Waals surface area contributed by atoms with E-state index in [4.69, 9.17) is 16.3 Å². The van der Waals surface area contributed by atoms with Crippen LogP contribution in [0.15, 0.2) is 42.5 Å². The van der Waals surface area contributed by atoms with Crippen molar-refractivity contribution >= 4 is 17.3 Å². The van der Waals surface area contributed by atoms with Gasteiger partial charge >= 0.3 is 5.69 Å². The van der Waals surface area contributed by atoms with Crippen molar-refractivity contribution in [3.8, 4) is 11.5 Å². The molecule has 2 aromatic carbocycles. The van der Waals surface area contributed by atoms with Gasteiger partial charge in [0, 0.05) is 37.3 Å². The first kappa shape index (κ1) is 19.6. The number of benzene rings is 2. The molecule has 1 aliphatic heterocycles. The van der Waals surface area contributed by atoms with E-state index in [1.165, 1.54) is 0 Å². The molecule has 0 N–H and O–H groups in total. The van der Waals surface area contributed by atoms with Crippen molar-refractivity contribution in [1.82, 2.24) is 9.80 Å². The Balaban J connectivity index is 1.61. The lowest BCUT2D eigenvalue weighted by Gasteiger charge is -2.32. The summed E-state index contributed by atoms with van der Waals surface area (Å²) in [4.78, 5) is 15.9. The predicted octanol–water partition coefficient (Wildman–Crippen LogP) is 4.22. The second-order valence-electron chi connectivity index (χ2n) is 6.86. The van der Waals surface area contributed by atoms with Gasteiger partial charge in [-0.15, -0.1) is 0 Å². The minimum atomic E-state index is -0.394. The van der Waals surface area contributed by atoms with Crippen LogP contribution >= 0.6 is 11.6 Å². The number of piperazine rings is 1. The maximum Gasteiger partial charge on any atom is 0.311 e. The molecular weight excluding hydrogens is 366 g/mol. The molecule has 3 rings (SSSR count). The summed E-state index contributed by atoms with van der Waals surface area (Å²) in [5, 5.41) is 12.1. The summed E-state index contributed by atoms with van der Waals surface area (Å²) in [7, 11) is 2.14. The lowest BCUT2D eigenvalue weighted by atomic mass is 10.1. The Morgan fingerprint density at radius 2 is 1.81 bits per heavy atom. The lowest BCUT2D eigenvalue weighted by molar-refractivity contribution is -0.385. The molecule has 0 atom stereocenters. The van der Waals surface area contributed by atoms with Crippen molar-refractivity contribution in [2.45, 2.75) is 12.8 Å². The Hall–Kier alpha value is -2.15. The molecule has 0 saturated carbocycles. The molecule has 7 heteroatoms. The molecule has 27 heavy (non-hydrogen) atoms. The Morgan fingerprint density at radius 3 is 2.48 bits per heavy atom. The van der Waals surface area contributed by atoms with Gasteiger partial charge in [-0.05, 0) is 62.3 Å². The highest BCUT2D eigenvalue weighted by Gasteiger charge is 2.17. The maximum absolute atomic E-state index is 11.5. The average Bonchev–Trinajstić information content (AvgIpc) is 2.66. The van der Waals surface area contributed by atoms with E-state index in [1.54, 1.807) is 36.4 Å². The molecule has 0 bridgehead atoms. The summed E-state index contributed by atoms with van der Waals surface area (Å²) in [6.45, 7) is 5.39. The van der Waals surface area contributed by atoms with Gasteiger partial charge in [0.25, 0.3) is 0 Å². The summed E-state index contributed by atoms with van der Waals surface area (Å²) in [5.41, 5.74) is 0.946. The third-order valence-electron chi connectivity index (χ3n) is 4.80. The molecule has 0 spiro atoms. The van der Waals surface area contributed by atoms with Crippen LogP contribution in [0.1, 0.15) is 12.0 Å². The van der Waals surface area contributed by atoms with Crippen LogP contribution in [0, 0.1) is 10.1 Å². The van der Waals surface area contributed by atoms with Gasteiger partial charge < -0.3 is 14.5 Å². The Labute approximate surface area is 164 Å². The van der Waals surface area contributed by atoms with Crippen molar-refractivity contribution in [3.63, 3.8) is 0 Å². The quantitative estimate of drug-likeness (QED) is 0.524. The number of nitrogens with zero attached hydrogens (tertiary/aromatic N) is 3. The maximum atomic E-state index is 11.5. The minimum Gasteiger partial charge on any atom is -0.450 e. The van der Waals surface area contributed by atoms with Crippen molar-refractivity contribution in [2.24, 2.45) is 0 Å². The van der Waals surface area contributed by atoms with Crippen molar-refractivity contribution in [1.29, 1.82) is 0 Å². The van der Waals surface area contributed by atoms with Gasteiger partial charge in [0.15, 0.2) is 0 Å². The van der Waals surface area contributed by atoms with E-state index in [1.807, 2.05) is 6.07 Å². The van der Waals surface area contributed by atoms with E-state index in [2.05, 4.69) is 16.8 Å². The number of hydrogen-bond donors (Lipinski definition) is 0. The zero-order valence-corrected chi connectivity index (χ0v) is 16.2. The smallest absolute Gasteiger partial charge is 0.311 e. The first-order chi connectivity index (χ1) is 13.0. The number of ether oxygens (including phenoxy) is 1. The third kappa shape index (κ3) is 5.66. The molecule has 1 aliphatic rings. The fraction of sp³-hybridized carbons (Fsp3) is 0.400. The topological polar surface area (TPSA) is 58.8 Å². The highest BCUT2D eigenvalue weighted by molar-refractivity contribution is 6.30. The van der Waals surface area contributed by atoms with Crippen LogP contribution in [0.2, 0.25) is 5.02 Å². The van der Waals surface area contributed by atoms with E-state index < -0.39 is 4.92 Å². The number of halogens is 1. The van der Waals surface area contributed by atoms with Gasteiger partial charge in [0.1, 0.15) is 5.75 Å². The summed E-state index contributed by atoms with van der Waals surface area (Å²) < 4.78 is 5.68. The number of aryl methyl sites for hydroxylation is 1. The Bertz CT molecular complexity index is 775. The van der Waals surface area contributed by atoms with Crippen LogP contribution in [0.4, 0.5) is 5.69 Å². The van der Waals surface area contributed by atoms with Gasteiger partial charge in [-0.3, -0.25) is 10.1 Å². The molecule has 0 amide bonds. The van der Waals surface area contributed by atoms with E-state index in [0.717, 1.165) is 51.1 Å². The molecule has 0 unspecified atom stereocenters. The van der Waals surface area contributed by atoms with Gasteiger partial charge in [0.2, 0.25) is 5.75 Å². The average molecular weight is 390 g/mol. The van der Waals surface area contributed by atoms with Crippen molar-refractivity contribution < 1.29 is 9.66 Å². The monoisotopic (exact) mass is 389 g/mol. The summed E-state index contributed by atoms with van der Waals surface area (Å²) in [6.07, 6.45) is 1.80. The highest BCUT2D eigenvalue weighted by atomic mass is 35.5. The molecule has 144 valence electrons. The Kier molecular flexibility index (Phi) is 6.66. The third-order valence-corrected chi connectivity index (χ3v) is 5.05. The van der Waals surface area contributed by atoms with Gasteiger partial charge in [-0.1, -0.05) is 17.7 Å². The molecule has 0 radical (unpaired) electrons. The second-order valence-corrected chi connectivity index (χ2v) is 7.30. The standard InChI is InChI=1S/C20H24ClN3O3/c1-22-11-13-23(14-12-22)10-2-3-16-4-9-20(19(15-16)24(25)26)27-18-7-5-17(21)6-8-18/h4-9,15H,2-3,10-14H2,1H3. The lowest BCUT2D eigenvalue weighted by Crippen LogP contribution is -2.44. The van der Waals surface area contributed by atoms with E-state index >= 15 is 0 Å². The number of hydrogen-bond acceptors (Lipinski definition) is 5. The molecule has 6 nitrogen and oxygen atoms in total. The summed E-state index contributed by atoms with van der Waals surface area (Å²) in [5.74, 6) is 0.760. The van der Waals surface area contributed by atoms with Crippen molar-refractivity contribution in [3.05, 3.63) is 63.2 Å². The van der Waals surface area contributed by atoms with Crippen molar-refractivity contribution in [2.75, 3.05) is 39.8 Å². The van der Waals surface area contributed by atoms with Crippen LogP contribution in [0.5, 0.6) is 11.5 Å². The molecule has 1 heterocycles. The van der Waals surface area contributed by atoms with E-state index in [0.29, 0.717) is 10.8 Å². The van der Waals surface area contributed by atoms with Crippen LogP contribution in [-0.4, -0.2) is 54.5 Å².